The van der Waals surface area contributed by atoms with E-state index in [1.807, 2.05) is 13.8 Å². The quantitative estimate of drug-likeness (QED) is 0.783. The second-order valence-electron chi connectivity index (χ2n) is 5.38. The van der Waals surface area contributed by atoms with Crippen LogP contribution < -0.4 is 5.32 Å². The third-order valence-corrected chi connectivity index (χ3v) is 4.08. The van der Waals surface area contributed by atoms with E-state index in [-0.39, 0.29) is 48.1 Å². The summed E-state index contributed by atoms with van der Waals surface area (Å²) < 4.78 is 36.5. The molecule has 2 unspecified atom stereocenters. The van der Waals surface area contributed by atoms with Crippen LogP contribution in [-0.4, -0.2) is 40.8 Å². The molecule has 2 atom stereocenters. The number of amides is 1. The van der Waals surface area contributed by atoms with Gasteiger partial charge in [0.15, 0.2) is 0 Å². The fraction of sp³-hybridized carbons (Fsp3) is 0.923. The Bertz CT molecular complexity index is 323. The molecule has 0 spiro atoms. The molecule has 0 saturated carbocycles. The predicted molar refractivity (Wildman–Crippen MR) is 75.3 cm³/mol. The first-order valence-corrected chi connectivity index (χ1v) is 8.02. The van der Waals surface area contributed by atoms with E-state index in [0.717, 1.165) is 19.3 Å². The fourth-order valence-corrected chi connectivity index (χ4v) is 2.90. The molecule has 118 valence electrons. The Labute approximate surface area is 122 Å². The number of nitrogens with zero attached hydrogens (tertiary/aromatic N) is 1. The van der Waals surface area contributed by atoms with E-state index in [2.05, 4.69) is 12.2 Å². The molecule has 1 fully saturated rings. The van der Waals surface area contributed by atoms with Crippen molar-refractivity contribution in [3.63, 3.8) is 0 Å². The molecule has 0 bridgehead atoms. The van der Waals surface area contributed by atoms with Gasteiger partial charge in [-0.2, -0.15) is 13.2 Å². The second-order valence-corrected chi connectivity index (χ2v) is 6.54. The number of unbranched alkanes of at least 4 members (excludes halogenated alkanes) is 1. The number of thioether (sulfide) groups is 1. The van der Waals surface area contributed by atoms with Crippen LogP contribution in [0, 0.1) is 5.92 Å². The first-order valence-electron chi connectivity index (χ1n) is 7.03. The highest BCUT2D eigenvalue weighted by atomic mass is 32.2. The monoisotopic (exact) mass is 312 g/mol. The van der Waals surface area contributed by atoms with Crippen LogP contribution in [0.4, 0.5) is 13.2 Å². The minimum Gasteiger partial charge on any atom is -0.325 e. The Kier molecular flexibility index (Phi) is 6.64. The molecule has 0 aromatic heterocycles. The molecule has 0 aromatic rings. The highest BCUT2D eigenvalue weighted by molar-refractivity contribution is 8.00. The van der Waals surface area contributed by atoms with Gasteiger partial charge in [-0.05, 0) is 24.1 Å². The molecule has 1 amide bonds. The topological polar surface area (TPSA) is 32.3 Å². The summed E-state index contributed by atoms with van der Waals surface area (Å²) >= 11 is -0.0664. The predicted octanol–water partition coefficient (Wildman–Crippen LogP) is 3.21. The van der Waals surface area contributed by atoms with Crippen LogP contribution in [0.25, 0.3) is 0 Å². The van der Waals surface area contributed by atoms with Crippen molar-refractivity contribution >= 4 is 17.7 Å². The molecule has 0 aromatic carbocycles. The highest BCUT2D eigenvalue weighted by Crippen LogP contribution is 2.30. The van der Waals surface area contributed by atoms with Crippen LogP contribution in [0.5, 0.6) is 0 Å². The Hall–Kier alpha value is -0.430. The summed E-state index contributed by atoms with van der Waals surface area (Å²) in [5.41, 5.74) is -4.23. The number of halogens is 3. The third-order valence-electron chi connectivity index (χ3n) is 3.36. The van der Waals surface area contributed by atoms with Crippen LogP contribution in [-0.2, 0) is 4.79 Å². The molecule has 0 radical (unpaired) electrons. The number of hydrogen-bond acceptors (Lipinski definition) is 3. The average Bonchev–Trinajstić information content (AvgIpc) is 2.63. The molecule has 1 rings (SSSR count). The highest BCUT2D eigenvalue weighted by Gasteiger charge is 2.40. The lowest BCUT2D eigenvalue weighted by molar-refractivity contribution is -0.130. The molecule has 1 saturated heterocycles. The first kappa shape index (κ1) is 17.6. The van der Waals surface area contributed by atoms with Crippen LogP contribution in [0.3, 0.4) is 0 Å². The van der Waals surface area contributed by atoms with Crippen molar-refractivity contribution in [1.29, 1.82) is 0 Å². The smallest absolute Gasteiger partial charge is 0.325 e. The van der Waals surface area contributed by atoms with Crippen molar-refractivity contribution in [2.24, 2.45) is 5.92 Å². The number of rotatable bonds is 7. The zero-order valence-electron chi connectivity index (χ0n) is 12.2. The standard InChI is InChI=1S/C13H23F3N2OS/c1-4-5-6-10-12(19)18(11(17-10)9(2)3)7-8-20-13(14,15)16/h9-11,17H,4-8H2,1-3H3. The summed E-state index contributed by atoms with van der Waals surface area (Å²) in [6.45, 7) is 6.13. The summed E-state index contributed by atoms with van der Waals surface area (Å²) in [6.07, 6.45) is 2.54. The number of carbonyl (C=O) groups is 1. The second kappa shape index (κ2) is 7.54. The molecule has 0 aliphatic carbocycles. The van der Waals surface area contributed by atoms with E-state index in [9.17, 15) is 18.0 Å². The van der Waals surface area contributed by atoms with E-state index in [4.69, 9.17) is 0 Å². The SMILES string of the molecule is CCCCC1NC(C(C)C)N(CCSC(F)(F)F)C1=O. The number of hydrogen-bond donors (Lipinski definition) is 1. The lowest BCUT2D eigenvalue weighted by atomic mass is 10.1. The van der Waals surface area contributed by atoms with Gasteiger partial charge >= 0.3 is 5.51 Å². The van der Waals surface area contributed by atoms with E-state index < -0.39 is 5.51 Å². The third kappa shape index (κ3) is 5.16. The Morgan fingerprint density at radius 3 is 2.55 bits per heavy atom. The molecule has 1 aliphatic rings. The maximum atomic E-state index is 12.3. The summed E-state index contributed by atoms with van der Waals surface area (Å²) in [4.78, 5) is 13.8. The van der Waals surface area contributed by atoms with Crippen molar-refractivity contribution in [3.05, 3.63) is 0 Å². The molecule has 1 N–H and O–H groups in total. The van der Waals surface area contributed by atoms with Crippen molar-refractivity contribution in [2.75, 3.05) is 12.3 Å². The minimum atomic E-state index is -4.23. The van der Waals surface area contributed by atoms with Crippen LogP contribution in [0.1, 0.15) is 40.0 Å². The van der Waals surface area contributed by atoms with Gasteiger partial charge in [0, 0.05) is 12.3 Å². The van der Waals surface area contributed by atoms with E-state index >= 15 is 0 Å². The van der Waals surface area contributed by atoms with Gasteiger partial charge < -0.3 is 4.90 Å². The zero-order chi connectivity index (χ0) is 15.3. The number of nitrogens with one attached hydrogen (secondary N) is 1. The molecular weight excluding hydrogens is 289 g/mol. The summed E-state index contributed by atoms with van der Waals surface area (Å²) in [6, 6.07) is -0.238. The Morgan fingerprint density at radius 1 is 1.40 bits per heavy atom. The maximum Gasteiger partial charge on any atom is 0.441 e. The van der Waals surface area contributed by atoms with Crippen molar-refractivity contribution in [3.8, 4) is 0 Å². The van der Waals surface area contributed by atoms with Gasteiger partial charge in [-0.1, -0.05) is 33.6 Å². The zero-order valence-corrected chi connectivity index (χ0v) is 13.0. The fourth-order valence-electron chi connectivity index (χ4n) is 2.38. The minimum absolute atomic E-state index is 0.0556. The van der Waals surface area contributed by atoms with Crippen molar-refractivity contribution < 1.29 is 18.0 Å². The van der Waals surface area contributed by atoms with E-state index in [0.29, 0.717) is 0 Å². The molecular formula is C13H23F3N2OS. The number of carbonyl (C=O) groups excluding carboxylic acids is 1. The van der Waals surface area contributed by atoms with Crippen LogP contribution in [0.2, 0.25) is 0 Å². The molecule has 20 heavy (non-hydrogen) atoms. The van der Waals surface area contributed by atoms with Crippen molar-refractivity contribution in [2.45, 2.75) is 57.7 Å². The molecule has 1 heterocycles. The molecule has 3 nitrogen and oxygen atoms in total. The Balaban J connectivity index is 2.58. The normalized spacial score (nSPS) is 23.9. The van der Waals surface area contributed by atoms with Crippen molar-refractivity contribution in [1.82, 2.24) is 10.2 Å². The van der Waals surface area contributed by atoms with E-state index in [1.165, 1.54) is 0 Å². The summed E-state index contributed by atoms with van der Waals surface area (Å²) in [7, 11) is 0. The number of alkyl halides is 3. The maximum absolute atomic E-state index is 12.3. The average molecular weight is 312 g/mol. The Morgan fingerprint density at radius 2 is 2.05 bits per heavy atom. The summed E-state index contributed by atoms with van der Waals surface area (Å²) in [5.74, 6) is 0.0158. The van der Waals surface area contributed by atoms with Gasteiger partial charge in [0.25, 0.3) is 0 Å². The van der Waals surface area contributed by atoms with Gasteiger partial charge in [0.2, 0.25) is 5.91 Å². The molecule has 7 heteroatoms. The van der Waals surface area contributed by atoms with Gasteiger partial charge in [0.05, 0.1) is 12.2 Å². The van der Waals surface area contributed by atoms with Gasteiger partial charge in [-0.15, -0.1) is 0 Å². The van der Waals surface area contributed by atoms with Gasteiger partial charge in [-0.25, -0.2) is 0 Å². The largest absolute Gasteiger partial charge is 0.441 e. The van der Waals surface area contributed by atoms with Gasteiger partial charge in [0.1, 0.15) is 0 Å². The lowest BCUT2D eigenvalue weighted by Gasteiger charge is -2.27. The van der Waals surface area contributed by atoms with Crippen LogP contribution >= 0.6 is 11.8 Å². The van der Waals surface area contributed by atoms with Crippen LogP contribution in [0.15, 0.2) is 0 Å². The van der Waals surface area contributed by atoms with E-state index in [1.54, 1.807) is 4.90 Å². The van der Waals surface area contributed by atoms with Gasteiger partial charge in [-0.3, -0.25) is 10.1 Å². The molecule has 1 aliphatic heterocycles. The first-order chi connectivity index (χ1) is 9.26. The summed E-state index contributed by atoms with van der Waals surface area (Å²) in [5, 5.41) is 3.26. The lowest BCUT2D eigenvalue weighted by Crippen LogP contribution is -2.42.